The lowest BCUT2D eigenvalue weighted by atomic mass is 10.5. The predicted molar refractivity (Wildman–Crippen MR) is 40.5 cm³/mol. The maximum atomic E-state index is 10.2. The van der Waals surface area contributed by atoms with Gasteiger partial charge in [0.05, 0.1) is 4.92 Å². The number of nitrogens with one attached hydrogen (secondary N) is 1. The molecule has 0 atom stereocenters. The van der Waals surface area contributed by atoms with Gasteiger partial charge in [-0.1, -0.05) is 11.3 Å². The van der Waals surface area contributed by atoms with Crippen LogP contribution in [0.3, 0.4) is 0 Å². The molecule has 0 unspecified atom stereocenters. The fraction of sp³-hybridized carbons (Fsp3) is 0.200. The van der Waals surface area contributed by atoms with Crippen LogP contribution in [0.2, 0.25) is 0 Å². The third kappa shape index (κ3) is 1.08. The second kappa shape index (κ2) is 2.66. The Morgan fingerprint density at radius 3 is 2.90 bits per heavy atom. The summed E-state index contributed by atoms with van der Waals surface area (Å²) in [6.45, 7) is 0. The molecule has 0 aliphatic rings. The summed E-state index contributed by atoms with van der Waals surface area (Å²) >= 11 is 1.12. The molecular weight excluding hydrogens is 152 g/mol. The number of nitro groups is 1. The molecule has 4 nitrogen and oxygen atoms in total. The van der Waals surface area contributed by atoms with E-state index in [0.717, 1.165) is 11.3 Å². The van der Waals surface area contributed by atoms with E-state index in [2.05, 4.69) is 5.32 Å². The van der Waals surface area contributed by atoms with Gasteiger partial charge in [0.2, 0.25) is 0 Å². The number of thiophene rings is 1. The Labute approximate surface area is 61.6 Å². The monoisotopic (exact) mass is 158 g/mol. The van der Waals surface area contributed by atoms with Crippen LogP contribution in [0.1, 0.15) is 0 Å². The first kappa shape index (κ1) is 7.01. The minimum atomic E-state index is -0.392. The maximum absolute atomic E-state index is 10.2. The maximum Gasteiger partial charge on any atom is 0.347 e. The quantitative estimate of drug-likeness (QED) is 0.526. The lowest BCUT2D eigenvalue weighted by Gasteiger charge is -1.91. The fourth-order valence-electron chi connectivity index (χ4n) is 0.633. The van der Waals surface area contributed by atoms with E-state index in [1.54, 1.807) is 18.5 Å². The van der Waals surface area contributed by atoms with Gasteiger partial charge < -0.3 is 5.32 Å². The van der Waals surface area contributed by atoms with Gasteiger partial charge in [0.25, 0.3) is 0 Å². The lowest BCUT2D eigenvalue weighted by Crippen LogP contribution is -1.90. The molecule has 54 valence electrons. The van der Waals surface area contributed by atoms with Crippen LogP contribution in [0.15, 0.2) is 11.4 Å². The van der Waals surface area contributed by atoms with E-state index in [-0.39, 0.29) is 5.00 Å². The largest absolute Gasteiger partial charge is 0.382 e. The summed E-state index contributed by atoms with van der Waals surface area (Å²) in [4.78, 5) is 9.83. The summed E-state index contributed by atoms with van der Waals surface area (Å²) in [6, 6.07) is 1.68. The molecule has 10 heavy (non-hydrogen) atoms. The highest BCUT2D eigenvalue weighted by Crippen LogP contribution is 2.29. The van der Waals surface area contributed by atoms with Gasteiger partial charge in [-0.3, -0.25) is 10.1 Å². The van der Waals surface area contributed by atoms with Crippen molar-refractivity contribution in [3.63, 3.8) is 0 Å². The highest BCUT2D eigenvalue weighted by molar-refractivity contribution is 7.14. The van der Waals surface area contributed by atoms with Crippen LogP contribution in [0.25, 0.3) is 0 Å². The summed E-state index contributed by atoms with van der Waals surface area (Å²) in [7, 11) is 1.66. The summed E-state index contributed by atoms with van der Waals surface area (Å²) in [5, 5.41) is 14.8. The SMILES string of the molecule is CNc1ccsc1[N+](=O)[O-]. The number of hydrogen-bond acceptors (Lipinski definition) is 4. The van der Waals surface area contributed by atoms with Crippen molar-refractivity contribution in [3.05, 3.63) is 21.6 Å². The Bertz CT molecular complexity index is 246. The van der Waals surface area contributed by atoms with Crippen LogP contribution in [0.4, 0.5) is 10.7 Å². The van der Waals surface area contributed by atoms with E-state index in [9.17, 15) is 10.1 Å². The fourth-order valence-corrected chi connectivity index (χ4v) is 1.35. The summed E-state index contributed by atoms with van der Waals surface area (Å²) in [5.41, 5.74) is 0.579. The van der Waals surface area contributed by atoms with Crippen molar-refractivity contribution in [1.82, 2.24) is 0 Å². The lowest BCUT2D eigenvalue weighted by molar-refractivity contribution is -0.379. The average molecular weight is 158 g/mol. The first-order valence-corrected chi connectivity index (χ1v) is 3.53. The molecule has 1 rings (SSSR count). The molecule has 5 heteroatoms. The topological polar surface area (TPSA) is 55.2 Å². The van der Waals surface area contributed by atoms with Crippen molar-refractivity contribution in [3.8, 4) is 0 Å². The van der Waals surface area contributed by atoms with Crippen LogP contribution >= 0.6 is 11.3 Å². The zero-order chi connectivity index (χ0) is 7.56. The molecule has 0 saturated heterocycles. The molecule has 1 aromatic heterocycles. The Hall–Kier alpha value is -1.10. The molecule has 0 radical (unpaired) electrons. The number of hydrogen-bond donors (Lipinski definition) is 1. The molecule has 1 aromatic rings. The van der Waals surface area contributed by atoms with Crippen molar-refractivity contribution < 1.29 is 4.92 Å². The molecule has 1 N–H and O–H groups in total. The van der Waals surface area contributed by atoms with Gasteiger partial charge in [-0.15, -0.1) is 0 Å². The molecule has 0 aliphatic carbocycles. The van der Waals surface area contributed by atoms with Crippen molar-refractivity contribution in [2.24, 2.45) is 0 Å². The number of anilines is 1. The zero-order valence-electron chi connectivity index (χ0n) is 5.33. The van der Waals surface area contributed by atoms with E-state index in [1.165, 1.54) is 0 Å². The van der Waals surface area contributed by atoms with E-state index < -0.39 is 4.92 Å². The second-order valence-corrected chi connectivity index (χ2v) is 2.54. The highest BCUT2D eigenvalue weighted by Gasteiger charge is 2.12. The van der Waals surface area contributed by atoms with Crippen molar-refractivity contribution in [2.45, 2.75) is 0 Å². The molecule has 0 aliphatic heterocycles. The molecule has 1 heterocycles. The molecule has 0 fully saturated rings. The number of nitrogens with zero attached hydrogens (tertiary/aromatic N) is 1. The van der Waals surface area contributed by atoms with Crippen LogP contribution < -0.4 is 5.32 Å². The smallest absolute Gasteiger partial charge is 0.347 e. The van der Waals surface area contributed by atoms with Gasteiger partial charge >= 0.3 is 5.00 Å². The third-order valence-electron chi connectivity index (χ3n) is 1.08. The zero-order valence-corrected chi connectivity index (χ0v) is 6.14. The summed E-state index contributed by atoms with van der Waals surface area (Å²) < 4.78 is 0. The van der Waals surface area contributed by atoms with Gasteiger partial charge in [-0.25, -0.2) is 0 Å². The van der Waals surface area contributed by atoms with Crippen LogP contribution in [0, 0.1) is 10.1 Å². The van der Waals surface area contributed by atoms with Crippen molar-refractivity contribution in [2.75, 3.05) is 12.4 Å². The van der Waals surface area contributed by atoms with E-state index in [1.807, 2.05) is 0 Å². The molecule has 0 bridgehead atoms. The Balaban J connectivity index is 3.01. The molecule has 0 amide bonds. The van der Waals surface area contributed by atoms with Crippen molar-refractivity contribution >= 4 is 22.0 Å². The Kier molecular flexibility index (Phi) is 1.86. The van der Waals surface area contributed by atoms with Gasteiger partial charge in [0.15, 0.2) is 0 Å². The normalized spacial score (nSPS) is 9.30. The van der Waals surface area contributed by atoms with Gasteiger partial charge in [0, 0.05) is 7.05 Å². The first-order valence-electron chi connectivity index (χ1n) is 2.65. The Morgan fingerprint density at radius 1 is 1.80 bits per heavy atom. The van der Waals surface area contributed by atoms with E-state index >= 15 is 0 Å². The summed E-state index contributed by atoms with van der Waals surface area (Å²) in [5.74, 6) is 0. The minimum absolute atomic E-state index is 0.169. The van der Waals surface area contributed by atoms with Crippen LogP contribution in [0.5, 0.6) is 0 Å². The summed E-state index contributed by atoms with van der Waals surface area (Å²) in [6.07, 6.45) is 0. The molecule has 0 saturated carbocycles. The van der Waals surface area contributed by atoms with E-state index in [0.29, 0.717) is 5.69 Å². The van der Waals surface area contributed by atoms with Gasteiger partial charge in [-0.2, -0.15) is 0 Å². The van der Waals surface area contributed by atoms with E-state index in [4.69, 9.17) is 0 Å². The Morgan fingerprint density at radius 2 is 2.50 bits per heavy atom. The van der Waals surface area contributed by atoms with Crippen LogP contribution in [-0.2, 0) is 0 Å². The molecule has 0 aromatic carbocycles. The minimum Gasteiger partial charge on any atom is -0.382 e. The van der Waals surface area contributed by atoms with Gasteiger partial charge in [0.1, 0.15) is 5.69 Å². The third-order valence-corrected chi connectivity index (χ3v) is 1.94. The van der Waals surface area contributed by atoms with Gasteiger partial charge in [-0.05, 0) is 11.4 Å². The van der Waals surface area contributed by atoms with Crippen LogP contribution in [-0.4, -0.2) is 12.0 Å². The molecule has 0 spiro atoms. The number of rotatable bonds is 2. The second-order valence-electron chi connectivity index (χ2n) is 1.65. The first-order chi connectivity index (χ1) is 4.75. The molecular formula is C5H6N2O2S. The highest BCUT2D eigenvalue weighted by atomic mass is 32.1. The predicted octanol–water partition coefficient (Wildman–Crippen LogP) is 1.70. The van der Waals surface area contributed by atoms with Crippen molar-refractivity contribution in [1.29, 1.82) is 0 Å². The average Bonchev–Trinajstić information content (AvgIpc) is 2.33. The standard InChI is InChI=1S/C5H6N2O2S/c1-6-4-2-3-10-5(4)7(8)9/h2-3,6H,1H3.